The van der Waals surface area contributed by atoms with Crippen molar-refractivity contribution in [2.45, 2.75) is 42.9 Å². The number of carbonyl (C=O) groups is 3. The smallest absolute Gasteiger partial charge is 0.309 e. The zero-order chi connectivity index (χ0) is 25.2. The Morgan fingerprint density at radius 3 is 2.51 bits per heavy atom. The van der Waals surface area contributed by atoms with Crippen LogP contribution in [-0.2, 0) is 19.4 Å². The van der Waals surface area contributed by atoms with Gasteiger partial charge in [0.05, 0.1) is 33.9 Å². The zero-order valence-corrected chi connectivity index (χ0v) is 20.4. The van der Waals surface area contributed by atoms with Crippen LogP contribution in [-0.4, -0.2) is 42.5 Å². The van der Waals surface area contributed by atoms with Crippen LogP contribution in [0.5, 0.6) is 0 Å². The number of imide groups is 1. The number of carbonyl (C=O) groups excluding carboxylic acids is 3. The maximum absolute atomic E-state index is 13.3. The summed E-state index contributed by atoms with van der Waals surface area (Å²) in [5.41, 5.74) is 0.997. The van der Waals surface area contributed by atoms with Crippen molar-refractivity contribution in [2.24, 2.45) is 5.92 Å². The molecule has 1 aromatic carbocycles. The van der Waals surface area contributed by atoms with Gasteiger partial charge in [-0.1, -0.05) is 43.4 Å². The molecule has 4 rings (SSSR count). The van der Waals surface area contributed by atoms with E-state index in [4.69, 9.17) is 11.6 Å². The van der Waals surface area contributed by atoms with Gasteiger partial charge in [0, 0.05) is 6.26 Å². The topological polar surface area (TPSA) is 147 Å². The average molecular weight is 518 g/mol. The number of hydrogen-bond donors (Lipinski definition) is 3. The molecule has 35 heavy (non-hydrogen) atoms. The summed E-state index contributed by atoms with van der Waals surface area (Å²) in [6.45, 7) is 0. The lowest BCUT2D eigenvalue weighted by atomic mass is 9.87. The summed E-state index contributed by atoms with van der Waals surface area (Å²) in [6.07, 6.45) is 10.1. The van der Waals surface area contributed by atoms with E-state index in [9.17, 15) is 22.8 Å². The summed E-state index contributed by atoms with van der Waals surface area (Å²) >= 11 is 6.25. The third kappa shape index (κ3) is 6.04. The molecule has 1 atom stereocenters. The van der Waals surface area contributed by atoms with E-state index in [1.165, 1.54) is 24.5 Å². The highest BCUT2D eigenvalue weighted by Gasteiger charge is 2.28. The minimum Gasteiger partial charge on any atom is -0.309 e. The summed E-state index contributed by atoms with van der Waals surface area (Å²) in [7, 11) is -3.49. The molecule has 0 spiro atoms. The van der Waals surface area contributed by atoms with Gasteiger partial charge in [0.1, 0.15) is 5.70 Å². The lowest BCUT2D eigenvalue weighted by Gasteiger charge is -2.21. The summed E-state index contributed by atoms with van der Waals surface area (Å²) in [6, 6.07) is 3.99. The van der Waals surface area contributed by atoms with Gasteiger partial charge in [-0.05, 0) is 36.1 Å². The maximum atomic E-state index is 13.3. The Labute approximate surface area is 207 Å². The van der Waals surface area contributed by atoms with Gasteiger partial charge in [-0.3, -0.25) is 19.9 Å². The highest BCUT2D eigenvalue weighted by atomic mass is 35.5. The van der Waals surface area contributed by atoms with Gasteiger partial charge in [-0.25, -0.2) is 18.2 Å². The number of amides is 4. The molecule has 2 aromatic rings. The Morgan fingerprint density at radius 1 is 1.20 bits per heavy atom. The Morgan fingerprint density at radius 2 is 1.94 bits per heavy atom. The fourth-order valence-corrected chi connectivity index (χ4v) is 5.67. The summed E-state index contributed by atoms with van der Waals surface area (Å²) < 4.78 is 23.9. The SMILES string of the molecule is CS(=O)(=O)c1ccc(C(CC2CCCC2)C(=O)Nc2cnc(/C=C3\NC(=O)NC3=O)cn2)cc1Cl. The number of halogens is 1. The number of rotatable bonds is 7. The predicted molar refractivity (Wildman–Crippen MR) is 129 cm³/mol. The second-order valence-corrected chi connectivity index (χ2v) is 11.1. The quantitative estimate of drug-likeness (QED) is 0.377. The number of nitrogens with one attached hydrogen (secondary N) is 3. The Kier molecular flexibility index (Phi) is 7.18. The fourth-order valence-electron chi connectivity index (χ4n) is 4.33. The third-order valence-electron chi connectivity index (χ3n) is 6.05. The number of benzene rings is 1. The molecular weight excluding hydrogens is 494 g/mol. The van der Waals surface area contributed by atoms with Crippen LogP contribution in [0.3, 0.4) is 0 Å². The second kappa shape index (κ2) is 10.1. The molecule has 0 bridgehead atoms. The first-order chi connectivity index (χ1) is 16.6. The molecule has 0 radical (unpaired) electrons. The van der Waals surface area contributed by atoms with E-state index in [1.807, 2.05) is 0 Å². The van der Waals surface area contributed by atoms with E-state index in [2.05, 4.69) is 25.9 Å². The van der Waals surface area contributed by atoms with Crippen molar-refractivity contribution in [1.29, 1.82) is 0 Å². The molecule has 2 heterocycles. The minimum absolute atomic E-state index is 0.0191. The van der Waals surface area contributed by atoms with Crippen LogP contribution in [0.25, 0.3) is 6.08 Å². The minimum atomic E-state index is -3.49. The van der Waals surface area contributed by atoms with Gasteiger partial charge in [0.2, 0.25) is 5.91 Å². The summed E-state index contributed by atoms with van der Waals surface area (Å²) in [5, 5.41) is 7.30. The normalized spacial score (nSPS) is 18.4. The standard InChI is InChI=1S/C23H24ClN5O5S/c1-35(33,34)19-7-6-14(9-17(19)24)16(8-13-4-2-3-5-13)21(30)28-20-12-25-15(11-26-20)10-18-22(31)29-23(32)27-18/h6-7,9-13,16H,2-5,8H2,1H3,(H,26,28,30)(H2,27,29,31,32)/b18-10-. The van der Waals surface area contributed by atoms with Crippen LogP contribution in [0, 0.1) is 5.92 Å². The van der Waals surface area contributed by atoms with Crippen LogP contribution < -0.4 is 16.0 Å². The highest BCUT2D eigenvalue weighted by molar-refractivity contribution is 7.90. The van der Waals surface area contributed by atoms with E-state index in [0.717, 1.165) is 31.9 Å². The van der Waals surface area contributed by atoms with Crippen LogP contribution in [0.1, 0.15) is 49.3 Å². The van der Waals surface area contributed by atoms with Crippen LogP contribution in [0.2, 0.25) is 5.02 Å². The van der Waals surface area contributed by atoms with Gasteiger partial charge in [-0.2, -0.15) is 0 Å². The average Bonchev–Trinajstić information content (AvgIpc) is 3.41. The van der Waals surface area contributed by atoms with Crippen molar-refractivity contribution in [3.63, 3.8) is 0 Å². The first-order valence-electron chi connectivity index (χ1n) is 11.1. The molecule has 2 fully saturated rings. The molecule has 184 valence electrons. The van der Waals surface area contributed by atoms with E-state index >= 15 is 0 Å². The van der Waals surface area contributed by atoms with Gasteiger partial charge in [0.25, 0.3) is 5.91 Å². The molecule has 3 N–H and O–H groups in total. The number of hydrogen-bond acceptors (Lipinski definition) is 7. The van der Waals surface area contributed by atoms with Crippen molar-refractivity contribution in [3.05, 3.63) is 52.6 Å². The van der Waals surface area contributed by atoms with Gasteiger partial charge < -0.3 is 10.6 Å². The zero-order valence-electron chi connectivity index (χ0n) is 18.9. The lowest BCUT2D eigenvalue weighted by Crippen LogP contribution is -2.24. The largest absolute Gasteiger partial charge is 0.326 e. The maximum Gasteiger partial charge on any atom is 0.326 e. The first kappa shape index (κ1) is 24.8. The first-order valence-corrected chi connectivity index (χ1v) is 13.3. The fraction of sp³-hybridized carbons (Fsp3) is 0.348. The lowest BCUT2D eigenvalue weighted by molar-refractivity contribution is -0.118. The Hall–Kier alpha value is -3.31. The monoisotopic (exact) mass is 517 g/mol. The van der Waals surface area contributed by atoms with Crippen molar-refractivity contribution < 1.29 is 22.8 Å². The molecule has 2 aliphatic rings. The van der Waals surface area contributed by atoms with Crippen molar-refractivity contribution in [2.75, 3.05) is 11.6 Å². The number of urea groups is 1. The summed E-state index contributed by atoms with van der Waals surface area (Å²) in [4.78, 5) is 44.5. The van der Waals surface area contributed by atoms with E-state index in [-0.39, 0.29) is 27.3 Å². The van der Waals surface area contributed by atoms with Crippen LogP contribution in [0.15, 0.2) is 41.2 Å². The van der Waals surface area contributed by atoms with Gasteiger partial charge in [0.15, 0.2) is 15.7 Å². The molecule has 1 unspecified atom stereocenters. The number of aromatic nitrogens is 2. The highest BCUT2D eigenvalue weighted by Crippen LogP contribution is 2.36. The van der Waals surface area contributed by atoms with E-state index in [1.54, 1.807) is 12.1 Å². The van der Waals surface area contributed by atoms with Crippen molar-refractivity contribution in [3.8, 4) is 0 Å². The molecule has 1 saturated carbocycles. The van der Waals surface area contributed by atoms with Crippen LogP contribution >= 0.6 is 11.6 Å². The molecule has 12 heteroatoms. The van der Waals surface area contributed by atoms with Gasteiger partial charge >= 0.3 is 6.03 Å². The second-order valence-electron chi connectivity index (χ2n) is 8.68. The Bertz CT molecular complexity index is 1300. The predicted octanol–water partition coefficient (Wildman–Crippen LogP) is 3.02. The van der Waals surface area contributed by atoms with Crippen LogP contribution in [0.4, 0.5) is 10.6 Å². The number of nitrogens with zero attached hydrogens (tertiary/aromatic N) is 2. The molecule has 10 nitrogen and oxygen atoms in total. The summed E-state index contributed by atoms with van der Waals surface area (Å²) in [5.74, 6) is -0.822. The van der Waals surface area contributed by atoms with Crippen molar-refractivity contribution in [1.82, 2.24) is 20.6 Å². The molecule has 1 aromatic heterocycles. The molecular formula is C23H24ClN5O5S. The van der Waals surface area contributed by atoms with Crippen molar-refractivity contribution >= 4 is 51.2 Å². The van der Waals surface area contributed by atoms with Gasteiger partial charge in [-0.15, -0.1) is 0 Å². The van der Waals surface area contributed by atoms with E-state index in [0.29, 0.717) is 23.6 Å². The Balaban J connectivity index is 1.53. The number of anilines is 1. The number of sulfone groups is 1. The molecule has 1 aliphatic heterocycles. The molecule has 1 aliphatic carbocycles. The third-order valence-corrected chi connectivity index (χ3v) is 7.63. The molecule has 1 saturated heterocycles. The molecule has 4 amide bonds. The van der Waals surface area contributed by atoms with E-state index < -0.39 is 27.7 Å².